The summed E-state index contributed by atoms with van der Waals surface area (Å²) in [5.41, 5.74) is 0. The fourth-order valence-corrected chi connectivity index (χ4v) is 4.75. The van der Waals surface area contributed by atoms with E-state index in [0.29, 0.717) is 13.0 Å². The van der Waals surface area contributed by atoms with E-state index in [0.717, 1.165) is 12.8 Å². The second-order valence-corrected chi connectivity index (χ2v) is 9.52. The van der Waals surface area contributed by atoms with Crippen molar-refractivity contribution in [2.75, 3.05) is 27.8 Å². The van der Waals surface area contributed by atoms with Gasteiger partial charge in [0.25, 0.3) is 0 Å². The average molecular weight is 472 g/mol. The van der Waals surface area contributed by atoms with Crippen molar-refractivity contribution in [1.29, 1.82) is 0 Å². The first-order chi connectivity index (χ1) is 15.5. The van der Waals surface area contributed by atoms with Crippen molar-refractivity contribution in [3.8, 4) is 0 Å². The average Bonchev–Trinajstić information content (AvgIpc) is 3.27. The summed E-state index contributed by atoms with van der Waals surface area (Å²) < 4.78 is 11.3. The monoisotopic (exact) mass is 471 g/mol. The van der Waals surface area contributed by atoms with Crippen LogP contribution in [0.5, 0.6) is 0 Å². The molecule has 0 spiro atoms. The molecular formula is C24H45N3O6. The van der Waals surface area contributed by atoms with Gasteiger partial charge in [-0.25, -0.2) is 0 Å². The zero-order valence-electron chi connectivity index (χ0n) is 21.6. The van der Waals surface area contributed by atoms with Gasteiger partial charge in [-0.2, -0.15) is 0 Å². The summed E-state index contributed by atoms with van der Waals surface area (Å²) >= 11 is 0. The maximum absolute atomic E-state index is 13.4. The smallest absolute Gasteiger partial charge is 0.308 e. The van der Waals surface area contributed by atoms with E-state index in [1.807, 2.05) is 13.8 Å². The van der Waals surface area contributed by atoms with Gasteiger partial charge in [0.05, 0.1) is 36.6 Å². The van der Waals surface area contributed by atoms with E-state index in [4.69, 9.17) is 9.47 Å². The van der Waals surface area contributed by atoms with Crippen LogP contribution in [0.1, 0.15) is 60.3 Å². The van der Waals surface area contributed by atoms with Crippen LogP contribution in [-0.4, -0.2) is 85.9 Å². The molecule has 0 radical (unpaired) electrons. The molecule has 0 aromatic heterocycles. The Labute approximate surface area is 198 Å². The summed E-state index contributed by atoms with van der Waals surface area (Å²) in [6.07, 6.45) is 1.51. The number of carbonyl (C=O) groups excluding carboxylic acids is 2. The van der Waals surface area contributed by atoms with Crippen molar-refractivity contribution in [3.05, 3.63) is 0 Å². The number of nitrogens with one attached hydrogen (secondary N) is 2. The van der Waals surface area contributed by atoms with Crippen molar-refractivity contribution in [3.63, 3.8) is 0 Å². The zero-order chi connectivity index (χ0) is 25.3. The van der Waals surface area contributed by atoms with Gasteiger partial charge in [-0.3, -0.25) is 19.7 Å². The molecular weight excluding hydrogens is 426 g/mol. The topological polar surface area (TPSA) is 117 Å². The van der Waals surface area contributed by atoms with Crippen LogP contribution >= 0.6 is 0 Å². The molecule has 1 aliphatic rings. The second-order valence-electron chi connectivity index (χ2n) is 9.52. The second kappa shape index (κ2) is 13.9. The van der Waals surface area contributed by atoms with Crippen molar-refractivity contribution in [2.45, 2.75) is 90.6 Å². The van der Waals surface area contributed by atoms with Gasteiger partial charge in [-0.1, -0.05) is 34.1 Å². The Bertz CT molecular complexity index is 644. The number of carboxylic acids is 1. The highest BCUT2D eigenvalue weighted by atomic mass is 16.5. The number of aliphatic carboxylic acids is 1. The van der Waals surface area contributed by atoms with Crippen LogP contribution in [0.2, 0.25) is 0 Å². The van der Waals surface area contributed by atoms with E-state index >= 15 is 0 Å². The first-order valence-corrected chi connectivity index (χ1v) is 12.1. The molecule has 192 valence electrons. The molecule has 1 rings (SSSR count). The van der Waals surface area contributed by atoms with Gasteiger partial charge in [0.15, 0.2) is 0 Å². The normalized spacial score (nSPS) is 21.8. The molecule has 9 nitrogen and oxygen atoms in total. The third-order valence-corrected chi connectivity index (χ3v) is 7.06. The van der Waals surface area contributed by atoms with Crippen LogP contribution in [0.3, 0.4) is 0 Å². The zero-order valence-corrected chi connectivity index (χ0v) is 21.6. The summed E-state index contributed by atoms with van der Waals surface area (Å²) in [5.74, 6) is -1.61. The van der Waals surface area contributed by atoms with Gasteiger partial charge in [-0.15, -0.1) is 0 Å². The Morgan fingerprint density at radius 2 is 1.76 bits per heavy atom. The molecule has 33 heavy (non-hydrogen) atoms. The van der Waals surface area contributed by atoms with Crippen molar-refractivity contribution in [2.24, 2.45) is 17.8 Å². The molecule has 1 heterocycles. The fraction of sp³-hybridized carbons (Fsp3) is 0.875. The highest BCUT2D eigenvalue weighted by Gasteiger charge is 2.41. The lowest BCUT2D eigenvalue weighted by molar-refractivity contribution is -0.151. The number of hydrogen-bond acceptors (Lipinski definition) is 6. The lowest BCUT2D eigenvalue weighted by Gasteiger charge is -2.37. The first-order valence-electron chi connectivity index (χ1n) is 12.1. The molecule has 0 saturated carbocycles. The number of likely N-dealkylation sites (N-methyl/N-ethyl adjacent to an activating group) is 1. The molecule has 9 heteroatoms. The minimum Gasteiger partial charge on any atom is -0.481 e. The number of carboxylic acid groups (broad SMARTS) is 1. The van der Waals surface area contributed by atoms with Gasteiger partial charge < -0.3 is 24.8 Å². The van der Waals surface area contributed by atoms with E-state index in [9.17, 15) is 19.5 Å². The summed E-state index contributed by atoms with van der Waals surface area (Å²) in [4.78, 5) is 39.2. The third-order valence-electron chi connectivity index (χ3n) is 7.06. The maximum atomic E-state index is 13.4. The molecule has 1 saturated heterocycles. The molecule has 7 atom stereocenters. The molecule has 0 aromatic rings. The van der Waals surface area contributed by atoms with Crippen LogP contribution < -0.4 is 10.6 Å². The number of hydrogen-bond donors (Lipinski definition) is 3. The van der Waals surface area contributed by atoms with Gasteiger partial charge in [0.2, 0.25) is 11.8 Å². The molecule has 2 amide bonds. The molecule has 1 fully saturated rings. The molecule has 0 aromatic carbocycles. The Hall–Kier alpha value is -1.71. The maximum Gasteiger partial charge on any atom is 0.308 e. The largest absolute Gasteiger partial charge is 0.481 e. The van der Waals surface area contributed by atoms with Crippen molar-refractivity contribution < 1.29 is 29.0 Å². The van der Waals surface area contributed by atoms with Gasteiger partial charge in [0, 0.05) is 33.9 Å². The highest BCUT2D eigenvalue weighted by molar-refractivity contribution is 5.82. The number of carbonyl (C=O) groups is 3. The summed E-state index contributed by atoms with van der Waals surface area (Å²) in [6.45, 7) is 10.3. The van der Waals surface area contributed by atoms with Gasteiger partial charge in [-0.05, 0) is 31.6 Å². The van der Waals surface area contributed by atoms with E-state index in [1.165, 1.54) is 7.11 Å². The Kier molecular flexibility index (Phi) is 12.3. The predicted octanol–water partition coefficient (Wildman–Crippen LogP) is 1.89. The predicted molar refractivity (Wildman–Crippen MR) is 127 cm³/mol. The SMILES string of the molecule is CC[C@H](C)[C@H](N[C@H](C(=O)NC)C(C)C)[C@@H](CC(=O)N1CCC[C@H]1[C@H](OC)[C@@H](C)C(=O)O)OC. The van der Waals surface area contributed by atoms with Crippen LogP contribution in [0.25, 0.3) is 0 Å². The van der Waals surface area contributed by atoms with Gasteiger partial charge >= 0.3 is 5.97 Å². The first kappa shape index (κ1) is 29.3. The van der Waals surface area contributed by atoms with Crippen molar-refractivity contribution >= 4 is 17.8 Å². The molecule has 3 N–H and O–H groups in total. The molecule has 0 aliphatic carbocycles. The van der Waals surface area contributed by atoms with Crippen molar-refractivity contribution in [1.82, 2.24) is 15.5 Å². The van der Waals surface area contributed by atoms with Crippen LogP contribution in [-0.2, 0) is 23.9 Å². The molecule has 0 unspecified atom stereocenters. The van der Waals surface area contributed by atoms with Crippen LogP contribution in [0.15, 0.2) is 0 Å². The minimum absolute atomic E-state index is 0.0626. The van der Waals surface area contributed by atoms with E-state index < -0.39 is 30.1 Å². The number of nitrogens with zero attached hydrogens (tertiary/aromatic N) is 1. The number of methoxy groups -OCH3 is 2. The van der Waals surface area contributed by atoms with Gasteiger partial charge in [0.1, 0.15) is 0 Å². The lowest BCUT2D eigenvalue weighted by Crippen LogP contribution is -2.57. The number of rotatable bonds is 14. The Morgan fingerprint density at radius 1 is 1.12 bits per heavy atom. The van der Waals surface area contributed by atoms with Crippen LogP contribution in [0.4, 0.5) is 0 Å². The van der Waals surface area contributed by atoms with E-state index in [1.54, 1.807) is 26.0 Å². The highest BCUT2D eigenvalue weighted by Crippen LogP contribution is 2.28. The summed E-state index contributed by atoms with van der Waals surface area (Å²) in [5, 5.41) is 15.6. The number of amides is 2. The lowest BCUT2D eigenvalue weighted by atomic mass is 9.89. The number of ether oxygens (including phenoxy) is 2. The Morgan fingerprint density at radius 3 is 2.21 bits per heavy atom. The standard InChI is InChI=1S/C24H45N3O6/c1-9-15(4)21(26-20(14(2)3)23(29)25-6)18(32-7)13-19(28)27-12-10-11-17(27)22(33-8)16(5)24(30)31/h14-18,20-22,26H,9-13H2,1-8H3,(H,25,29)(H,30,31)/t15-,16+,17-,18+,20-,21-,22+/m0/s1. The molecule has 1 aliphatic heterocycles. The number of likely N-dealkylation sites (tertiary alicyclic amines) is 1. The van der Waals surface area contributed by atoms with Crippen LogP contribution in [0, 0.1) is 17.8 Å². The van der Waals surface area contributed by atoms with E-state index in [-0.39, 0.29) is 42.2 Å². The Balaban J connectivity index is 3.08. The third kappa shape index (κ3) is 7.65. The van der Waals surface area contributed by atoms with E-state index in [2.05, 4.69) is 24.5 Å². The quantitative estimate of drug-likeness (QED) is 0.354. The summed E-state index contributed by atoms with van der Waals surface area (Å²) in [6, 6.07) is -0.892. The molecule has 0 bridgehead atoms. The minimum atomic E-state index is -0.939. The summed E-state index contributed by atoms with van der Waals surface area (Å²) in [7, 11) is 4.70. The fourth-order valence-electron chi connectivity index (χ4n) is 4.75.